The highest BCUT2D eigenvalue weighted by molar-refractivity contribution is 5.93. The van der Waals surface area contributed by atoms with Crippen LogP contribution in [0.25, 0.3) is 22.5 Å². The lowest BCUT2D eigenvalue weighted by atomic mass is 9.93. The lowest BCUT2D eigenvalue weighted by molar-refractivity contribution is -0.133. The van der Waals surface area contributed by atoms with Crippen LogP contribution in [-0.4, -0.2) is 54.5 Å². The summed E-state index contributed by atoms with van der Waals surface area (Å²) in [5.74, 6) is 0.657. The van der Waals surface area contributed by atoms with E-state index in [9.17, 15) is 9.90 Å². The molecule has 2 N–H and O–H groups in total. The number of unbranched alkanes of at least 4 members (excludes halogenated alkanes) is 1. The molecular weight excluding hydrogens is 428 g/mol. The number of hydrogen-bond acceptors (Lipinski definition) is 6. The highest BCUT2D eigenvalue weighted by atomic mass is 16.4. The Morgan fingerprint density at radius 1 is 1.12 bits per heavy atom. The summed E-state index contributed by atoms with van der Waals surface area (Å²) >= 11 is 0. The van der Waals surface area contributed by atoms with E-state index in [0.717, 1.165) is 47.4 Å². The molecule has 2 unspecified atom stereocenters. The molecule has 0 saturated carbocycles. The summed E-state index contributed by atoms with van der Waals surface area (Å²) in [6.07, 6.45) is 8.45. The molecule has 0 saturated heterocycles. The van der Waals surface area contributed by atoms with Crippen molar-refractivity contribution in [1.29, 1.82) is 0 Å². The Balaban J connectivity index is 1.42. The maximum Gasteiger partial charge on any atom is 0.333 e. The molecule has 34 heavy (non-hydrogen) atoms. The average Bonchev–Trinajstić information content (AvgIpc) is 3.52. The van der Waals surface area contributed by atoms with E-state index in [-0.39, 0.29) is 12.1 Å². The molecule has 3 aromatic rings. The lowest BCUT2D eigenvalue weighted by Crippen LogP contribution is -2.43. The number of carboxylic acids is 1. The van der Waals surface area contributed by atoms with Crippen LogP contribution in [0.3, 0.4) is 0 Å². The van der Waals surface area contributed by atoms with Gasteiger partial charge in [-0.15, -0.1) is 10.2 Å². The van der Waals surface area contributed by atoms with Crippen LogP contribution in [0.15, 0.2) is 77.3 Å². The van der Waals surface area contributed by atoms with E-state index in [1.165, 1.54) is 0 Å². The van der Waals surface area contributed by atoms with Gasteiger partial charge >= 0.3 is 5.97 Å². The monoisotopic (exact) mass is 454 g/mol. The number of nitrogens with zero attached hydrogens (tertiary/aromatic N) is 5. The molecule has 1 aromatic heterocycles. The van der Waals surface area contributed by atoms with Gasteiger partial charge in [0.15, 0.2) is 0 Å². The van der Waals surface area contributed by atoms with Crippen LogP contribution in [0.5, 0.6) is 0 Å². The third kappa shape index (κ3) is 4.14. The number of rotatable bonds is 8. The number of carbonyl (C=O) groups is 1. The van der Waals surface area contributed by atoms with E-state index >= 15 is 0 Å². The quantitative estimate of drug-likeness (QED) is 0.527. The van der Waals surface area contributed by atoms with Gasteiger partial charge < -0.3 is 10.0 Å². The minimum absolute atomic E-state index is 0.149. The van der Waals surface area contributed by atoms with Crippen LogP contribution in [0.1, 0.15) is 31.7 Å². The van der Waals surface area contributed by atoms with Crippen molar-refractivity contribution >= 4 is 11.8 Å². The first-order valence-electron chi connectivity index (χ1n) is 11.5. The van der Waals surface area contributed by atoms with Crippen molar-refractivity contribution < 1.29 is 9.90 Å². The second-order valence-corrected chi connectivity index (χ2v) is 8.50. The summed E-state index contributed by atoms with van der Waals surface area (Å²) in [5.41, 5.74) is 4.48. The number of aromatic nitrogens is 4. The van der Waals surface area contributed by atoms with E-state index in [0.29, 0.717) is 17.9 Å². The Morgan fingerprint density at radius 2 is 1.91 bits per heavy atom. The number of aliphatic imine (C=N–C) groups is 1. The maximum absolute atomic E-state index is 11.9. The summed E-state index contributed by atoms with van der Waals surface area (Å²) in [7, 11) is 0. The second kappa shape index (κ2) is 9.43. The molecule has 0 radical (unpaired) electrons. The molecule has 1 aliphatic heterocycles. The first-order chi connectivity index (χ1) is 16.7. The molecule has 0 spiro atoms. The number of H-pyrrole nitrogens is 1. The number of tetrazole rings is 1. The van der Waals surface area contributed by atoms with E-state index in [1.807, 2.05) is 36.4 Å². The average molecular weight is 455 g/mol. The first-order valence-corrected chi connectivity index (χ1v) is 11.5. The number of carboxylic acid groups (broad SMARTS) is 1. The molecule has 0 amide bonds. The van der Waals surface area contributed by atoms with Gasteiger partial charge in [0.25, 0.3) is 0 Å². The Hall–Kier alpha value is -4.07. The Bertz CT molecular complexity index is 1260. The molecular formula is C26H26N6O2. The van der Waals surface area contributed by atoms with Crippen LogP contribution < -0.4 is 0 Å². The highest BCUT2D eigenvalue weighted by Gasteiger charge is 2.40. The Kier molecular flexibility index (Phi) is 6.03. The fourth-order valence-electron chi connectivity index (χ4n) is 4.66. The van der Waals surface area contributed by atoms with Crippen LogP contribution >= 0.6 is 0 Å². The topological polar surface area (TPSA) is 107 Å². The smallest absolute Gasteiger partial charge is 0.333 e. The molecule has 0 fully saturated rings. The maximum atomic E-state index is 11.9. The number of hydrogen-bond donors (Lipinski definition) is 2. The van der Waals surface area contributed by atoms with Gasteiger partial charge in [0.05, 0.1) is 17.7 Å². The van der Waals surface area contributed by atoms with E-state index in [2.05, 4.69) is 56.7 Å². The largest absolute Gasteiger partial charge is 0.478 e. The van der Waals surface area contributed by atoms with Gasteiger partial charge in [-0.2, -0.15) is 5.21 Å². The van der Waals surface area contributed by atoms with E-state index < -0.39 is 5.97 Å². The second-order valence-electron chi connectivity index (χ2n) is 8.50. The van der Waals surface area contributed by atoms with Gasteiger partial charge in [-0.1, -0.05) is 74.0 Å². The molecule has 2 aromatic carbocycles. The third-order valence-corrected chi connectivity index (χ3v) is 6.32. The Labute approximate surface area is 197 Å². The van der Waals surface area contributed by atoms with Crippen molar-refractivity contribution in [3.63, 3.8) is 0 Å². The van der Waals surface area contributed by atoms with Gasteiger partial charge in [0.2, 0.25) is 5.82 Å². The predicted octanol–water partition coefficient (Wildman–Crippen LogP) is 4.26. The van der Waals surface area contributed by atoms with Crippen LogP contribution in [0, 0.1) is 0 Å². The van der Waals surface area contributed by atoms with E-state index in [4.69, 9.17) is 4.99 Å². The molecule has 172 valence electrons. The number of aromatic amines is 1. The van der Waals surface area contributed by atoms with Crippen LogP contribution in [0.4, 0.5) is 0 Å². The molecule has 5 rings (SSSR count). The number of aliphatic carboxylic acids is 1. The summed E-state index contributed by atoms with van der Waals surface area (Å²) in [6.45, 7) is 2.76. The fourth-order valence-corrected chi connectivity index (χ4v) is 4.66. The lowest BCUT2D eigenvalue weighted by Gasteiger charge is -2.31. The SMILES string of the molecule is CCCCC1=NC2C=CC=C(C(=O)O)C2N1Cc1ccc(-c2ccccc2-c2nn[nH]n2)cc1. The molecule has 8 nitrogen and oxygen atoms in total. The molecule has 2 heterocycles. The molecule has 8 heteroatoms. The summed E-state index contributed by atoms with van der Waals surface area (Å²) in [5, 5.41) is 24.2. The zero-order chi connectivity index (χ0) is 23.5. The normalized spacial score (nSPS) is 19.0. The molecule has 0 bridgehead atoms. The first kappa shape index (κ1) is 21.8. The van der Waals surface area contributed by atoms with Crippen molar-refractivity contribution in [2.24, 2.45) is 4.99 Å². The standard InChI is InChI=1S/C26H26N6O2/c1-2-3-11-23-27-22-10-6-9-21(26(33)34)24(22)32(23)16-17-12-14-18(15-13-17)19-7-4-5-8-20(19)25-28-30-31-29-25/h4-10,12-15,22,24H,2-3,11,16H2,1H3,(H,33,34)(H,28,29,30,31). The number of nitrogens with one attached hydrogen (secondary N) is 1. The van der Waals surface area contributed by atoms with Crippen molar-refractivity contribution in [1.82, 2.24) is 25.5 Å². The van der Waals surface area contributed by atoms with E-state index in [1.54, 1.807) is 6.08 Å². The summed E-state index contributed by atoms with van der Waals surface area (Å²) in [4.78, 5) is 19.0. The fraction of sp³-hybridized carbons (Fsp3) is 0.269. The zero-order valence-corrected chi connectivity index (χ0v) is 18.9. The van der Waals surface area contributed by atoms with Crippen molar-refractivity contribution in [2.75, 3.05) is 0 Å². The van der Waals surface area contributed by atoms with Crippen molar-refractivity contribution in [3.8, 4) is 22.5 Å². The third-order valence-electron chi connectivity index (χ3n) is 6.32. The van der Waals surface area contributed by atoms with Crippen molar-refractivity contribution in [2.45, 2.75) is 44.8 Å². The number of allylic oxidation sites excluding steroid dienone is 2. The number of fused-ring (bicyclic) bond motifs is 1. The minimum atomic E-state index is -0.885. The van der Waals surface area contributed by atoms with Gasteiger partial charge in [0, 0.05) is 18.5 Å². The van der Waals surface area contributed by atoms with Gasteiger partial charge in [-0.3, -0.25) is 4.99 Å². The zero-order valence-electron chi connectivity index (χ0n) is 18.9. The minimum Gasteiger partial charge on any atom is -0.478 e. The molecule has 1 aliphatic carbocycles. The van der Waals surface area contributed by atoms with Gasteiger partial charge in [0.1, 0.15) is 5.84 Å². The molecule has 2 atom stereocenters. The van der Waals surface area contributed by atoms with Crippen LogP contribution in [-0.2, 0) is 11.3 Å². The molecule has 2 aliphatic rings. The number of benzene rings is 2. The van der Waals surface area contributed by atoms with Gasteiger partial charge in [-0.25, -0.2) is 4.79 Å². The highest BCUT2D eigenvalue weighted by Crippen LogP contribution is 2.33. The van der Waals surface area contributed by atoms with Crippen molar-refractivity contribution in [3.05, 3.63) is 77.9 Å². The Morgan fingerprint density at radius 3 is 2.62 bits per heavy atom. The summed E-state index contributed by atoms with van der Waals surface area (Å²) < 4.78 is 0. The van der Waals surface area contributed by atoms with Crippen LogP contribution in [0.2, 0.25) is 0 Å². The summed E-state index contributed by atoms with van der Waals surface area (Å²) in [6, 6.07) is 15.9. The predicted molar refractivity (Wildman–Crippen MR) is 130 cm³/mol. The van der Waals surface area contributed by atoms with Gasteiger partial charge in [-0.05, 0) is 34.4 Å². The number of amidine groups is 1.